The van der Waals surface area contributed by atoms with E-state index in [1.807, 2.05) is 42.3 Å². The monoisotopic (exact) mass is 271 g/mol. The Bertz CT molecular complexity index is 587. The minimum atomic E-state index is -0.364. The van der Waals surface area contributed by atoms with Gasteiger partial charge in [-0.05, 0) is 12.1 Å². The predicted molar refractivity (Wildman–Crippen MR) is 79.7 cm³/mol. The zero-order valence-electron chi connectivity index (χ0n) is 11.3. The van der Waals surface area contributed by atoms with Crippen LogP contribution in [0.2, 0.25) is 0 Å². The van der Waals surface area contributed by atoms with Crippen molar-refractivity contribution >= 4 is 11.4 Å². The van der Waals surface area contributed by atoms with Gasteiger partial charge in [0.1, 0.15) is 0 Å². The van der Waals surface area contributed by atoms with Crippen molar-refractivity contribution in [1.29, 1.82) is 0 Å². The molecule has 0 fully saturated rings. The van der Waals surface area contributed by atoms with Crippen molar-refractivity contribution in [2.45, 2.75) is 6.04 Å². The SMILES string of the molecule is CN(c1ccccc1)C(CN)c1ccccc1[N+](=O)[O-]. The molecule has 20 heavy (non-hydrogen) atoms. The normalized spacial score (nSPS) is 11.9. The maximum atomic E-state index is 11.1. The van der Waals surface area contributed by atoms with E-state index in [1.54, 1.807) is 18.2 Å². The van der Waals surface area contributed by atoms with E-state index in [9.17, 15) is 10.1 Å². The van der Waals surface area contributed by atoms with Gasteiger partial charge in [0.15, 0.2) is 0 Å². The molecule has 104 valence electrons. The molecule has 2 rings (SSSR count). The Morgan fingerprint density at radius 2 is 1.75 bits per heavy atom. The maximum absolute atomic E-state index is 11.1. The molecule has 5 heteroatoms. The van der Waals surface area contributed by atoms with Crippen LogP contribution >= 0.6 is 0 Å². The first-order chi connectivity index (χ1) is 9.65. The summed E-state index contributed by atoms with van der Waals surface area (Å²) in [5.41, 5.74) is 7.55. The first-order valence-corrected chi connectivity index (χ1v) is 6.36. The number of nitrogens with zero attached hydrogens (tertiary/aromatic N) is 2. The van der Waals surface area contributed by atoms with Crippen LogP contribution < -0.4 is 10.6 Å². The number of nitro groups is 1. The lowest BCUT2D eigenvalue weighted by atomic mass is 10.0. The Balaban J connectivity index is 2.40. The van der Waals surface area contributed by atoms with Gasteiger partial charge in [-0.25, -0.2) is 0 Å². The van der Waals surface area contributed by atoms with Gasteiger partial charge in [0.05, 0.1) is 16.5 Å². The van der Waals surface area contributed by atoms with Crippen LogP contribution in [0.1, 0.15) is 11.6 Å². The third kappa shape index (κ3) is 2.78. The lowest BCUT2D eigenvalue weighted by Gasteiger charge is -2.29. The molecule has 0 heterocycles. The van der Waals surface area contributed by atoms with Crippen molar-refractivity contribution in [3.8, 4) is 0 Å². The van der Waals surface area contributed by atoms with Gasteiger partial charge in [-0.2, -0.15) is 0 Å². The summed E-state index contributed by atoms with van der Waals surface area (Å²) in [5, 5.41) is 11.1. The molecule has 2 aromatic rings. The number of hydrogen-bond acceptors (Lipinski definition) is 4. The molecule has 2 N–H and O–H groups in total. The third-order valence-electron chi connectivity index (χ3n) is 3.35. The Hall–Kier alpha value is -2.40. The van der Waals surface area contributed by atoms with E-state index in [1.165, 1.54) is 6.07 Å². The number of benzene rings is 2. The van der Waals surface area contributed by atoms with Crippen molar-refractivity contribution in [3.05, 3.63) is 70.3 Å². The van der Waals surface area contributed by atoms with E-state index in [0.717, 1.165) is 5.69 Å². The zero-order chi connectivity index (χ0) is 14.5. The average Bonchev–Trinajstić information content (AvgIpc) is 2.49. The fraction of sp³-hybridized carbons (Fsp3) is 0.200. The van der Waals surface area contributed by atoms with E-state index in [-0.39, 0.29) is 16.7 Å². The number of likely N-dealkylation sites (N-methyl/N-ethyl adjacent to an activating group) is 1. The summed E-state index contributed by atoms with van der Waals surface area (Å²) in [5.74, 6) is 0. The highest BCUT2D eigenvalue weighted by Crippen LogP contribution is 2.30. The second kappa shape index (κ2) is 6.16. The second-order valence-electron chi connectivity index (χ2n) is 4.51. The van der Waals surface area contributed by atoms with Crippen molar-refractivity contribution in [1.82, 2.24) is 0 Å². The molecule has 0 spiro atoms. The van der Waals surface area contributed by atoms with Crippen LogP contribution in [-0.2, 0) is 0 Å². The molecular formula is C15H17N3O2. The lowest BCUT2D eigenvalue weighted by Crippen LogP contribution is -2.30. The summed E-state index contributed by atoms with van der Waals surface area (Å²) >= 11 is 0. The molecule has 5 nitrogen and oxygen atoms in total. The van der Waals surface area contributed by atoms with E-state index >= 15 is 0 Å². The Kier molecular flexibility index (Phi) is 4.32. The smallest absolute Gasteiger partial charge is 0.274 e. The highest BCUT2D eigenvalue weighted by Gasteiger charge is 2.24. The molecule has 1 atom stereocenters. The number of rotatable bonds is 5. The van der Waals surface area contributed by atoms with Crippen LogP contribution in [0.15, 0.2) is 54.6 Å². The molecule has 0 amide bonds. The number of para-hydroxylation sites is 2. The van der Waals surface area contributed by atoms with Gasteiger partial charge in [0.25, 0.3) is 5.69 Å². The summed E-state index contributed by atoms with van der Waals surface area (Å²) in [6.07, 6.45) is 0. The first kappa shape index (κ1) is 14.0. The Morgan fingerprint density at radius 1 is 1.15 bits per heavy atom. The maximum Gasteiger partial charge on any atom is 0.274 e. The molecule has 0 saturated heterocycles. The van der Waals surface area contributed by atoms with Crippen LogP contribution in [0, 0.1) is 10.1 Å². The van der Waals surface area contributed by atoms with Gasteiger partial charge >= 0.3 is 0 Å². The second-order valence-corrected chi connectivity index (χ2v) is 4.51. The minimum Gasteiger partial charge on any atom is -0.366 e. The molecule has 0 aliphatic carbocycles. The first-order valence-electron chi connectivity index (χ1n) is 6.36. The largest absolute Gasteiger partial charge is 0.366 e. The van der Waals surface area contributed by atoms with Crippen LogP contribution in [0.5, 0.6) is 0 Å². The van der Waals surface area contributed by atoms with Gasteiger partial charge in [-0.1, -0.05) is 36.4 Å². The lowest BCUT2D eigenvalue weighted by molar-refractivity contribution is -0.385. The number of nitrogens with two attached hydrogens (primary N) is 1. The van der Waals surface area contributed by atoms with Crippen LogP contribution in [-0.4, -0.2) is 18.5 Å². The highest BCUT2D eigenvalue weighted by atomic mass is 16.6. The van der Waals surface area contributed by atoms with Crippen molar-refractivity contribution in [2.75, 3.05) is 18.5 Å². The molecule has 0 radical (unpaired) electrons. The van der Waals surface area contributed by atoms with Gasteiger partial charge < -0.3 is 10.6 Å². The van der Waals surface area contributed by atoms with Gasteiger partial charge in [-0.15, -0.1) is 0 Å². The van der Waals surface area contributed by atoms with E-state index in [0.29, 0.717) is 12.1 Å². The minimum absolute atomic E-state index is 0.103. The number of nitro benzene ring substituents is 1. The molecular weight excluding hydrogens is 254 g/mol. The highest BCUT2D eigenvalue weighted by molar-refractivity contribution is 5.52. The van der Waals surface area contributed by atoms with Gasteiger partial charge in [0.2, 0.25) is 0 Å². The fourth-order valence-electron chi connectivity index (χ4n) is 2.27. The molecule has 0 aliphatic heterocycles. The summed E-state index contributed by atoms with van der Waals surface area (Å²) in [6, 6.07) is 16.2. The van der Waals surface area contributed by atoms with Gasteiger partial charge in [0, 0.05) is 25.3 Å². The van der Waals surface area contributed by atoms with Crippen molar-refractivity contribution in [2.24, 2.45) is 5.73 Å². The molecule has 0 bridgehead atoms. The number of anilines is 1. The molecule has 0 aromatic heterocycles. The summed E-state index contributed by atoms with van der Waals surface area (Å²) in [4.78, 5) is 12.7. The van der Waals surface area contributed by atoms with E-state index < -0.39 is 0 Å². The molecule has 0 aliphatic rings. The predicted octanol–water partition coefficient (Wildman–Crippen LogP) is 2.73. The summed E-state index contributed by atoms with van der Waals surface area (Å²) in [7, 11) is 1.89. The fourth-order valence-corrected chi connectivity index (χ4v) is 2.27. The van der Waals surface area contributed by atoms with Crippen LogP contribution in [0.3, 0.4) is 0 Å². The number of hydrogen-bond donors (Lipinski definition) is 1. The molecule has 2 aromatic carbocycles. The Labute approximate surface area is 117 Å². The van der Waals surface area contributed by atoms with E-state index in [4.69, 9.17) is 5.73 Å². The van der Waals surface area contributed by atoms with Gasteiger partial charge in [-0.3, -0.25) is 10.1 Å². The van der Waals surface area contributed by atoms with Crippen molar-refractivity contribution in [3.63, 3.8) is 0 Å². The molecule has 1 unspecified atom stereocenters. The van der Waals surface area contributed by atoms with E-state index in [2.05, 4.69) is 0 Å². The zero-order valence-corrected chi connectivity index (χ0v) is 11.3. The topological polar surface area (TPSA) is 72.4 Å². The standard InChI is InChI=1S/C15H17N3O2/c1-17(12-7-3-2-4-8-12)15(11-16)13-9-5-6-10-14(13)18(19)20/h2-10,15H,11,16H2,1H3. The quantitative estimate of drug-likeness (QED) is 0.670. The summed E-state index contributed by atoms with van der Waals surface area (Å²) in [6.45, 7) is 0.302. The van der Waals surface area contributed by atoms with Crippen LogP contribution in [0.4, 0.5) is 11.4 Å². The Morgan fingerprint density at radius 3 is 2.35 bits per heavy atom. The van der Waals surface area contributed by atoms with Crippen molar-refractivity contribution < 1.29 is 4.92 Å². The average molecular weight is 271 g/mol. The third-order valence-corrected chi connectivity index (χ3v) is 3.35. The summed E-state index contributed by atoms with van der Waals surface area (Å²) < 4.78 is 0. The van der Waals surface area contributed by atoms with Crippen LogP contribution in [0.25, 0.3) is 0 Å². The molecule has 0 saturated carbocycles.